The molecule has 0 spiro atoms. The first-order valence-electron chi connectivity index (χ1n) is 0. The Kier molecular flexibility index (Phi) is 171. The fraction of sp³-hybridized carbons (Fsp3) is 0. The van der Waals surface area contributed by atoms with E-state index in [4.69, 9.17) is 0 Å². The van der Waals surface area contributed by atoms with E-state index < -0.39 is 0 Å². The molecule has 0 aliphatic heterocycles. The minimum atomic E-state index is 0. The molecule has 0 amide bonds. The molecule has 0 N–H and O–H groups in total. The van der Waals surface area contributed by atoms with Crippen LogP contribution in [0.1, 0.15) is 0 Å². The molecular formula is H8Al2BaZnZr. The summed E-state index contributed by atoms with van der Waals surface area (Å²) < 4.78 is 0. The Labute approximate surface area is 126 Å². The molecule has 0 unspecified atom stereocenters. The molecule has 0 saturated carbocycles. The Morgan fingerprint density at radius 3 is 0.800 bits per heavy atom. The number of hydrogen-bond donors (Lipinski definition) is 0. The topological polar surface area (TPSA) is 0 Å². The van der Waals surface area contributed by atoms with Crippen molar-refractivity contribution in [2.24, 2.45) is 0 Å². The van der Waals surface area contributed by atoms with Crippen LogP contribution in [0, 0.1) is 0 Å². The van der Waals surface area contributed by atoms with E-state index in [1.165, 1.54) is 0 Å². The normalized spacial score (nSPS) is 0. The number of hydrogen-bond acceptors (Lipinski definition) is 0. The molecule has 0 aliphatic rings. The van der Waals surface area contributed by atoms with Crippen molar-refractivity contribution in [3.63, 3.8) is 0 Å². The quantitative estimate of drug-likeness (QED) is 0.400. The van der Waals surface area contributed by atoms with Crippen LogP contribution in [0.2, 0.25) is 0 Å². The van der Waals surface area contributed by atoms with Crippen LogP contribution < -0.4 is 0 Å². The smallest absolute Gasteiger partial charge is 0 e. The first-order chi connectivity index (χ1) is 0. The summed E-state index contributed by atoms with van der Waals surface area (Å²) >= 11 is 0. The predicted molar refractivity (Wildman–Crippen MR) is 28.4 cm³/mol. The summed E-state index contributed by atoms with van der Waals surface area (Å²) in [4.78, 5) is 0. The summed E-state index contributed by atoms with van der Waals surface area (Å²) in [5.41, 5.74) is 0. The van der Waals surface area contributed by atoms with Crippen LogP contribution >= 0.6 is 0 Å². The van der Waals surface area contributed by atoms with Gasteiger partial charge in [0.25, 0.3) is 0 Å². The maximum atomic E-state index is 0. The maximum Gasteiger partial charge on any atom is 0 e. The van der Waals surface area contributed by atoms with E-state index in [9.17, 15) is 0 Å². The molecule has 0 heterocycles. The van der Waals surface area contributed by atoms with Crippen molar-refractivity contribution in [3.05, 3.63) is 0 Å². The van der Waals surface area contributed by atoms with E-state index in [1.54, 1.807) is 0 Å². The zero-order chi connectivity index (χ0) is 0. The molecule has 5 heteroatoms. The molecule has 0 aliphatic carbocycles. The van der Waals surface area contributed by atoms with Gasteiger partial charge in [-0.15, -0.1) is 0 Å². The van der Waals surface area contributed by atoms with Gasteiger partial charge in [0.15, 0.2) is 34.7 Å². The maximum absolute atomic E-state index is 0. The molecule has 0 atom stereocenters. The van der Waals surface area contributed by atoms with Crippen molar-refractivity contribution in [1.82, 2.24) is 0 Å². The second-order valence-electron chi connectivity index (χ2n) is 0. The van der Waals surface area contributed by atoms with E-state index >= 15 is 0 Å². The summed E-state index contributed by atoms with van der Waals surface area (Å²) in [6.07, 6.45) is 0. The van der Waals surface area contributed by atoms with Gasteiger partial charge in [-0.1, -0.05) is 0 Å². The first-order valence-corrected chi connectivity index (χ1v) is 0. The number of rotatable bonds is 0. The van der Waals surface area contributed by atoms with Crippen molar-refractivity contribution in [1.29, 1.82) is 0 Å². The largest absolute Gasteiger partial charge is 0 e. The molecule has 22 valence electrons. The minimum Gasteiger partial charge on any atom is 0 e. The monoisotopic (exact) mass is 354 g/mol. The zero-order valence-electron chi connectivity index (χ0n) is 1.21. The molecule has 0 aromatic carbocycles. The Bertz CT molecular complexity index is 9.61. The molecule has 5 heavy (non-hydrogen) atoms. The molecule has 0 nitrogen and oxygen atoms in total. The molecule has 0 rings (SSSR count). The van der Waals surface area contributed by atoms with E-state index in [2.05, 4.69) is 0 Å². The third-order valence-electron chi connectivity index (χ3n) is 0. The molecule has 0 aromatic heterocycles. The SMILES string of the molecule is [AlH3].[AlH3].[BaH2].[Zn].[Zr]. The third-order valence-corrected chi connectivity index (χ3v) is 0. The van der Waals surface area contributed by atoms with Gasteiger partial charge in [-0.3, -0.25) is 0 Å². The van der Waals surface area contributed by atoms with E-state index in [0.717, 1.165) is 0 Å². The van der Waals surface area contributed by atoms with Crippen LogP contribution in [-0.2, 0) is 45.7 Å². The molecule has 0 saturated heterocycles. The van der Waals surface area contributed by atoms with Gasteiger partial charge in [0, 0.05) is 45.7 Å². The Morgan fingerprint density at radius 1 is 0.800 bits per heavy atom. The molecule has 0 radical (unpaired) electrons. The molecule has 0 fully saturated rings. The summed E-state index contributed by atoms with van der Waals surface area (Å²) in [5.74, 6) is 0. The van der Waals surface area contributed by atoms with E-state index in [-0.39, 0.29) is 129 Å². The van der Waals surface area contributed by atoms with Gasteiger partial charge in [0.1, 0.15) is 0 Å². The van der Waals surface area contributed by atoms with Crippen LogP contribution in [0.3, 0.4) is 0 Å². The summed E-state index contributed by atoms with van der Waals surface area (Å²) in [6, 6.07) is 0. The molecular weight excluding hydrogens is 348 g/mol. The average molecular weight is 356 g/mol. The van der Waals surface area contributed by atoms with Gasteiger partial charge in [-0.2, -0.15) is 0 Å². The van der Waals surface area contributed by atoms with Gasteiger partial charge in [-0.05, 0) is 0 Å². The van der Waals surface area contributed by atoms with Gasteiger partial charge in [0.2, 0.25) is 0 Å². The van der Waals surface area contributed by atoms with Crippen molar-refractivity contribution in [2.75, 3.05) is 0 Å². The fourth-order valence-corrected chi connectivity index (χ4v) is 0. The van der Waals surface area contributed by atoms with E-state index in [0.29, 0.717) is 0 Å². The van der Waals surface area contributed by atoms with Crippen molar-refractivity contribution < 1.29 is 45.7 Å². The van der Waals surface area contributed by atoms with Crippen molar-refractivity contribution >= 4 is 83.6 Å². The van der Waals surface area contributed by atoms with Crippen LogP contribution in [0.5, 0.6) is 0 Å². The van der Waals surface area contributed by atoms with Crippen LogP contribution in [0.15, 0.2) is 0 Å². The summed E-state index contributed by atoms with van der Waals surface area (Å²) in [6.45, 7) is 0. The van der Waals surface area contributed by atoms with Gasteiger partial charge in [0.05, 0.1) is 0 Å². The second kappa shape index (κ2) is 24.2. The first kappa shape index (κ1) is 35.3. The van der Waals surface area contributed by atoms with Gasteiger partial charge < -0.3 is 0 Å². The Morgan fingerprint density at radius 2 is 0.800 bits per heavy atom. The predicted octanol–water partition coefficient (Wildman–Crippen LogP) is -3.29. The molecule has 0 bridgehead atoms. The molecule has 0 aromatic rings. The second-order valence-corrected chi connectivity index (χ2v) is 0. The standard InChI is InChI=1S/2Al.Ba.Zn.Zr.8H. The minimum absolute atomic E-state index is 0. The Hall–Kier alpha value is 4.14. The fourth-order valence-electron chi connectivity index (χ4n) is 0. The zero-order valence-corrected chi connectivity index (χ0v) is 6.63. The summed E-state index contributed by atoms with van der Waals surface area (Å²) in [7, 11) is 0. The third kappa shape index (κ3) is 17.9. The van der Waals surface area contributed by atoms with Crippen LogP contribution in [0.25, 0.3) is 0 Å². The van der Waals surface area contributed by atoms with Crippen molar-refractivity contribution in [2.45, 2.75) is 0 Å². The van der Waals surface area contributed by atoms with E-state index in [1.807, 2.05) is 0 Å². The van der Waals surface area contributed by atoms with Crippen LogP contribution in [-0.4, -0.2) is 83.6 Å². The van der Waals surface area contributed by atoms with Gasteiger partial charge >= 0.3 is 48.9 Å². The van der Waals surface area contributed by atoms with Crippen LogP contribution in [0.4, 0.5) is 0 Å². The summed E-state index contributed by atoms with van der Waals surface area (Å²) in [5, 5.41) is 0. The Balaban J connectivity index is 0. The van der Waals surface area contributed by atoms with Gasteiger partial charge in [-0.25, -0.2) is 0 Å². The van der Waals surface area contributed by atoms with Crippen molar-refractivity contribution in [3.8, 4) is 0 Å². The average Bonchev–Trinajstić information content (AvgIpc) is 0.